The minimum absolute atomic E-state index is 0.0553. The van der Waals surface area contributed by atoms with E-state index in [4.69, 9.17) is 20.9 Å². The van der Waals surface area contributed by atoms with E-state index in [1.54, 1.807) is 18.2 Å². The number of alkyl halides is 4. The van der Waals surface area contributed by atoms with Crippen LogP contribution < -0.4 is 21.5 Å². The second kappa shape index (κ2) is 14.4. The number of hydrogen-bond acceptors (Lipinski definition) is 12. The van der Waals surface area contributed by atoms with Gasteiger partial charge in [0.05, 0.1) is 33.3 Å². The molecule has 3 fully saturated rings. The number of nitrogens with one attached hydrogen (secondary N) is 1. The number of thiophene rings is 1. The average Bonchev–Trinajstić information content (AvgIpc) is 3.78. The van der Waals surface area contributed by atoms with Gasteiger partial charge in [0, 0.05) is 42.3 Å². The first-order valence-electron chi connectivity index (χ1n) is 18.1. The third-order valence-corrected chi connectivity index (χ3v) is 12.2. The van der Waals surface area contributed by atoms with Crippen molar-refractivity contribution in [1.29, 1.82) is 5.26 Å². The Morgan fingerprint density at radius 1 is 1.14 bits per heavy atom. The number of phenolic OH excluding ortho intramolecular Hbond substituents is 1. The Balaban J connectivity index is 1.34. The van der Waals surface area contributed by atoms with Crippen LogP contribution in [0.2, 0.25) is 0 Å². The average molecular weight is 799 g/mol. The summed E-state index contributed by atoms with van der Waals surface area (Å²) in [5.41, 5.74) is 7.30. The molecule has 8 rings (SSSR count). The van der Waals surface area contributed by atoms with E-state index in [1.807, 2.05) is 4.90 Å². The van der Waals surface area contributed by atoms with Crippen LogP contribution in [0.15, 0.2) is 30.5 Å². The van der Waals surface area contributed by atoms with Gasteiger partial charge in [-0.05, 0) is 62.8 Å². The lowest BCUT2D eigenvalue weighted by molar-refractivity contribution is -0.138. The van der Waals surface area contributed by atoms with Crippen LogP contribution >= 0.6 is 11.3 Å². The van der Waals surface area contributed by atoms with Crippen molar-refractivity contribution >= 4 is 49.0 Å². The maximum absolute atomic E-state index is 17.3. The van der Waals surface area contributed by atoms with Crippen molar-refractivity contribution in [2.24, 2.45) is 0 Å². The largest absolute Gasteiger partial charge is 0.506 e. The van der Waals surface area contributed by atoms with Gasteiger partial charge in [0.1, 0.15) is 58.1 Å². The highest BCUT2D eigenvalue weighted by atomic mass is 32.1. The van der Waals surface area contributed by atoms with Crippen LogP contribution in [0.25, 0.3) is 32.1 Å². The first-order chi connectivity index (χ1) is 26.8. The third kappa shape index (κ3) is 6.54. The number of rotatable bonds is 11. The maximum Gasteiger partial charge on any atom is 0.420 e. The molecule has 3 atom stereocenters. The molecule has 3 aliphatic rings. The van der Waals surface area contributed by atoms with E-state index in [1.165, 1.54) is 6.20 Å². The summed E-state index contributed by atoms with van der Waals surface area (Å²) >= 11 is 0.618. The smallest absolute Gasteiger partial charge is 0.420 e. The summed E-state index contributed by atoms with van der Waals surface area (Å²) in [6.45, 7) is 0.950. The standard InChI is InChI=1S/C38H36F6N8O3S/c39-18-14-37(10-3-12-52(37)16-18)17-55-36-50-30-27(35(51-36)49-24(9-13-54-19-4-1-5-19)20-6-2-11-48-33(20)46)31(53)28(38(42,43)44)26(29(30)41)21-7-8-23(40)32-25(21)22(15-45)34(47)56-32/h2,6-8,11,18-19,24,53H,1,3-5,9-10,12-14,16-17,47H2,(H2,46,48)(H,49,50,51)/t18-,24-,37+/m1/s1. The van der Waals surface area contributed by atoms with E-state index in [0.717, 1.165) is 37.8 Å². The van der Waals surface area contributed by atoms with Crippen molar-refractivity contribution in [3.63, 3.8) is 0 Å². The highest BCUT2D eigenvalue weighted by Crippen LogP contribution is 2.52. The van der Waals surface area contributed by atoms with E-state index in [0.29, 0.717) is 29.9 Å². The second-order valence-electron chi connectivity index (χ2n) is 14.5. The molecule has 1 aliphatic carbocycles. The van der Waals surface area contributed by atoms with Crippen LogP contribution in [0.4, 0.5) is 43.0 Å². The van der Waals surface area contributed by atoms with Crippen molar-refractivity contribution in [1.82, 2.24) is 19.9 Å². The van der Waals surface area contributed by atoms with Crippen molar-refractivity contribution in [2.45, 2.75) is 75.0 Å². The van der Waals surface area contributed by atoms with Gasteiger partial charge in [-0.3, -0.25) is 4.90 Å². The third-order valence-electron chi connectivity index (χ3n) is 11.1. The van der Waals surface area contributed by atoms with Crippen LogP contribution in [-0.2, 0) is 10.9 Å². The number of nitrogens with two attached hydrogens (primary N) is 2. The number of anilines is 3. The molecule has 0 spiro atoms. The Kier molecular flexibility index (Phi) is 9.74. The molecule has 0 bridgehead atoms. The molecule has 0 radical (unpaired) electrons. The number of ether oxygens (including phenoxy) is 2. The zero-order valence-electron chi connectivity index (χ0n) is 29.7. The Bertz CT molecular complexity index is 2380. The van der Waals surface area contributed by atoms with E-state index in [-0.39, 0.29) is 65.2 Å². The molecule has 5 heterocycles. The Morgan fingerprint density at radius 3 is 2.66 bits per heavy atom. The predicted octanol–water partition coefficient (Wildman–Crippen LogP) is 8.01. The van der Waals surface area contributed by atoms with Crippen molar-refractivity contribution < 1.29 is 40.9 Å². The minimum Gasteiger partial charge on any atom is -0.506 e. The lowest BCUT2D eigenvalue weighted by Crippen LogP contribution is -2.43. The molecule has 2 aromatic carbocycles. The number of benzene rings is 2. The number of aromatic nitrogens is 3. The van der Waals surface area contributed by atoms with Crippen LogP contribution in [0.3, 0.4) is 0 Å². The first-order valence-corrected chi connectivity index (χ1v) is 19.0. The summed E-state index contributed by atoms with van der Waals surface area (Å²) in [6, 6.07) is 5.49. The van der Waals surface area contributed by atoms with Crippen LogP contribution in [-0.4, -0.2) is 69.1 Å². The first kappa shape index (κ1) is 37.8. The fourth-order valence-electron chi connectivity index (χ4n) is 8.23. The van der Waals surface area contributed by atoms with E-state index < -0.39 is 80.7 Å². The Labute approximate surface area is 320 Å². The molecule has 3 aromatic heterocycles. The normalized spacial score (nSPS) is 20.6. The fourth-order valence-corrected chi connectivity index (χ4v) is 9.18. The molecular formula is C38H36F6N8O3S. The van der Waals surface area contributed by atoms with Gasteiger partial charge in [0.15, 0.2) is 5.82 Å². The number of halogens is 6. The number of nitrogens with zero attached hydrogens (tertiary/aromatic N) is 5. The van der Waals surface area contributed by atoms with Gasteiger partial charge in [-0.25, -0.2) is 18.2 Å². The fraction of sp³-hybridized carbons (Fsp3) is 0.421. The van der Waals surface area contributed by atoms with Gasteiger partial charge in [-0.15, -0.1) is 11.3 Å². The Morgan fingerprint density at radius 2 is 1.95 bits per heavy atom. The number of phenols is 1. The van der Waals surface area contributed by atoms with E-state index >= 15 is 22.0 Å². The monoisotopic (exact) mass is 798 g/mol. The van der Waals surface area contributed by atoms with Crippen LogP contribution in [0.1, 0.15) is 67.7 Å². The van der Waals surface area contributed by atoms with Gasteiger partial charge >= 0.3 is 12.2 Å². The molecule has 294 valence electrons. The number of hydrogen-bond donors (Lipinski definition) is 4. The number of nitrogen functional groups attached to an aromatic ring is 2. The number of fused-ring (bicyclic) bond motifs is 3. The lowest BCUT2D eigenvalue weighted by Gasteiger charge is -2.31. The van der Waals surface area contributed by atoms with Gasteiger partial charge in [-0.1, -0.05) is 12.1 Å². The molecule has 0 unspecified atom stereocenters. The van der Waals surface area contributed by atoms with E-state index in [2.05, 4.69) is 20.3 Å². The van der Waals surface area contributed by atoms with Gasteiger partial charge in [-0.2, -0.15) is 28.4 Å². The molecule has 1 saturated carbocycles. The van der Waals surface area contributed by atoms with Gasteiger partial charge < -0.3 is 31.4 Å². The molecule has 5 aromatic rings. The molecule has 6 N–H and O–H groups in total. The van der Waals surface area contributed by atoms with Gasteiger partial charge in [0.25, 0.3) is 0 Å². The molecule has 2 saturated heterocycles. The molecular weight excluding hydrogens is 763 g/mol. The maximum atomic E-state index is 17.3. The molecule has 2 aliphatic heterocycles. The zero-order chi connectivity index (χ0) is 39.5. The summed E-state index contributed by atoms with van der Waals surface area (Å²) in [5, 5.41) is 23.4. The summed E-state index contributed by atoms with van der Waals surface area (Å²) in [4.78, 5) is 14.8. The van der Waals surface area contributed by atoms with E-state index in [9.17, 15) is 14.8 Å². The quantitative estimate of drug-likeness (QED) is 0.0956. The molecule has 18 heteroatoms. The number of aromatic hydroxyl groups is 1. The number of pyridine rings is 1. The topological polar surface area (TPSA) is 168 Å². The Hall–Kier alpha value is -5.12. The summed E-state index contributed by atoms with van der Waals surface area (Å²) in [5.74, 6) is -4.21. The molecule has 11 nitrogen and oxygen atoms in total. The van der Waals surface area contributed by atoms with Crippen molar-refractivity contribution in [3.05, 3.63) is 58.8 Å². The second-order valence-corrected chi connectivity index (χ2v) is 15.5. The molecule has 0 amide bonds. The minimum atomic E-state index is -5.41. The van der Waals surface area contributed by atoms with Crippen molar-refractivity contribution in [3.8, 4) is 29.0 Å². The van der Waals surface area contributed by atoms with Gasteiger partial charge in [0.2, 0.25) is 0 Å². The SMILES string of the molecule is N#Cc1c(N)sc2c(F)ccc(-c3c(C(F)(F)F)c(O)c4c(N[C@H](CCOC5CCC5)c5cccnc5N)nc(OC[C@@]56CCCN5C[C@H](F)C6)nc4c3F)c12. The lowest BCUT2D eigenvalue weighted by atomic mass is 9.91. The van der Waals surface area contributed by atoms with Crippen LogP contribution in [0.5, 0.6) is 11.8 Å². The van der Waals surface area contributed by atoms with Crippen molar-refractivity contribution in [2.75, 3.05) is 43.1 Å². The summed E-state index contributed by atoms with van der Waals surface area (Å²) in [7, 11) is 0. The molecule has 56 heavy (non-hydrogen) atoms. The summed E-state index contributed by atoms with van der Waals surface area (Å²) < 4.78 is 105. The highest BCUT2D eigenvalue weighted by Gasteiger charge is 2.49. The number of nitriles is 1. The zero-order valence-corrected chi connectivity index (χ0v) is 30.5. The summed E-state index contributed by atoms with van der Waals surface area (Å²) in [6.07, 6.45) is -0.412. The predicted molar refractivity (Wildman–Crippen MR) is 198 cm³/mol. The van der Waals surface area contributed by atoms with Crippen LogP contribution in [0, 0.1) is 23.0 Å². The highest BCUT2D eigenvalue weighted by molar-refractivity contribution is 7.23.